The molecule has 144 valence electrons. The van der Waals surface area contributed by atoms with Crippen molar-refractivity contribution in [3.8, 4) is 17.2 Å². The molecule has 0 unspecified atom stereocenters. The van der Waals surface area contributed by atoms with E-state index in [9.17, 15) is 9.59 Å². The van der Waals surface area contributed by atoms with Crippen molar-refractivity contribution < 1.29 is 28.9 Å². The van der Waals surface area contributed by atoms with Gasteiger partial charge in [-0.25, -0.2) is 4.79 Å². The van der Waals surface area contributed by atoms with Gasteiger partial charge in [-0.2, -0.15) is 0 Å². The van der Waals surface area contributed by atoms with Crippen molar-refractivity contribution in [3.05, 3.63) is 48.0 Å². The molecule has 1 amide bonds. The molecule has 2 N–H and O–H groups in total. The van der Waals surface area contributed by atoms with Crippen molar-refractivity contribution in [2.24, 2.45) is 0 Å². The predicted molar refractivity (Wildman–Crippen MR) is 101 cm³/mol. The first-order valence-electron chi connectivity index (χ1n) is 8.69. The van der Waals surface area contributed by atoms with Crippen molar-refractivity contribution in [1.82, 2.24) is 0 Å². The number of aliphatic carboxylic acids is 1. The fraction of sp³-hybridized carbons (Fsp3) is 0.300. The maximum Gasteiger partial charge on any atom is 0.341 e. The second-order valence-electron chi connectivity index (χ2n) is 5.61. The zero-order valence-electron chi connectivity index (χ0n) is 15.4. The van der Waals surface area contributed by atoms with Crippen LogP contribution in [0, 0.1) is 0 Å². The Bertz CT molecular complexity index is 790. The van der Waals surface area contributed by atoms with E-state index in [2.05, 4.69) is 5.32 Å². The van der Waals surface area contributed by atoms with Gasteiger partial charge in [-0.1, -0.05) is 13.0 Å². The molecule has 0 fully saturated rings. The van der Waals surface area contributed by atoms with Crippen molar-refractivity contribution in [3.63, 3.8) is 0 Å². The molecule has 0 atom stereocenters. The van der Waals surface area contributed by atoms with Crippen LogP contribution in [-0.2, 0) is 4.79 Å². The standard InChI is InChI=1S/C20H23NO6/c1-3-10-26-17-9-8-14(11-18(17)25-4-2)20(24)21-15-6-5-7-16(12-15)27-13-19(22)23/h5-9,11-12H,3-4,10,13H2,1-2H3,(H,21,24)(H,22,23). The van der Waals surface area contributed by atoms with Gasteiger partial charge in [0.2, 0.25) is 0 Å². The number of carboxylic acids is 1. The first-order valence-corrected chi connectivity index (χ1v) is 8.69. The van der Waals surface area contributed by atoms with E-state index >= 15 is 0 Å². The van der Waals surface area contributed by atoms with E-state index < -0.39 is 12.6 Å². The van der Waals surface area contributed by atoms with E-state index in [1.807, 2.05) is 13.8 Å². The summed E-state index contributed by atoms with van der Waals surface area (Å²) in [5.74, 6) is 0.0663. The third kappa shape index (κ3) is 6.22. The number of ether oxygens (including phenoxy) is 3. The Morgan fingerprint density at radius 1 is 1.00 bits per heavy atom. The summed E-state index contributed by atoms with van der Waals surface area (Å²) in [5, 5.41) is 11.4. The summed E-state index contributed by atoms with van der Waals surface area (Å²) in [4.78, 5) is 23.1. The molecule has 0 radical (unpaired) electrons. The molecule has 0 aliphatic rings. The van der Waals surface area contributed by atoms with Gasteiger partial charge in [0, 0.05) is 17.3 Å². The average Bonchev–Trinajstić information content (AvgIpc) is 2.66. The molecule has 0 aliphatic carbocycles. The van der Waals surface area contributed by atoms with Crippen LogP contribution >= 0.6 is 0 Å². The van der Waals surface area contributed by atoms with Crippen LogP contribution in [0.2, 0.25) is 0 Å². The molecule has 0 spiro atoms. The lowest BCUT2D eigenvalue weighted by Crippen LogP contribution is -2.13. The third-order valence-corrected chi connectivity index (χ3v) is 3.42. The zero-order valence-corrected chi connectivity index (χ0v) is 15.4. The Hall–Kier alpha value is -3.22. The molecule has 7 heteroatoms. The Balaban J connectivity index is 2.12. The van der Waals surface area contributed by atoms with E-state index in [1.54, 1.807) is 42.5 Å². The molecule has 2 aromatic rings. The molecule has 0 heterocycles. The first kappa shape index (κ1) is 20.1. The number of benzene rings is 2. The van der Waals surface area contributed by atoms with Gasteiger partial charge < -0.3 is 24.6 Å². The molecule has 0 bridgehead atoms. The van der Waals surface area contributed by atoms with E-state index in [4.69, 9.17) is 19.3 Å². The maximum absolute atomic E-state index is 12.5. The number of rotatable bonds is 10. The average molecular weight is 373 g/mol. The number of anilines is 1. The number of carboxylic acid groups (broad SMARTS) is 1. The first-order chi connectivity index (χ1) is 13.0. The van der Waals surface area contributed by atoms with Gasteiger partial charge in [-0.15, -0.1) is 0 Å². The molecule has 27 heavy (non-hydrogen) atoms. The molecule has 0 aliphatic heterocycles. The minimum absolute atomic E-state index is 0.326. The Morgan fingerprint density at radius 2 is 1.81 bits per heavy atom. The number of hydrogen-bond donors (Lipinski definition) is 2. The summed E-state index contributed by atoms with van der Waals surface area (Å²) >= 11 is 0. The highest BCUT2D eigenvalue weighted by atomic mass is 16.5. The molecular weight excluding hydrogens is 350 g/mol. The molecule has 2 rings (SSSR count). The van der Waals surface area contributed by atoms with E-state index in [0.717, 1.165) is 6.42 Å². The molecule has 0 aromatic heterocycles. The van der Waals surface area contributed by atoms with Gasteiger partial charge >= 0.3 is 5.97 Å². The Labute approximate surface area is 157 Å². The topological polar surface area (TPSA) is 94.1 Å². The summed E-state index contributed by atoms with van der Waals surface area (Å²) in [6.45, 7) is 4.44. The highest BCUT2D eigenvalue weighted by Crippen LogP contribution is 2.29. The van der Waals surface area contributed by atoms with Crippen LogP contribution in [-0.4, -0.2) is 36.8 Å². The van der Waals surface area contributed by atoms with Crippen molar-refractivity contribution in [1.29, 1.82) is 0 Å². The van der Waals surface area contributed by atoms with Crippen LogP contribution in [0.5, 0.6) is 17.2 Å². The predicted octanol–water partition coefficient (Wildman–Crippen LogP) is 3.59. The largest absolute Gasteiger partial charge is 0.490 e. The zero-order chi connectivity index (χ0) is 19.6. The number of hydrogen-bond acceptors (Lipinski definition) is 5. The molecular formula is C20H23NO6. The minimum Gasteiger partial charge on any atom is -0.490 e. The smallest absolute Gasteiger partial charge is 0.341 e. The summed E-state index contributed by atoms with van der Waals surface area (Å²) in [5.41, 5.74) is 0.909. The SMILES string of the molecule is CCCOc1ccc(C(=O)Nc2cccc(OCC(=O)O)c2)cc1OCC. The number of carbonyl (C=O) groups excluding carboxylic acids is 1. The van der Waals surface area contributed by atoms with Crippen LogP contribution in [0.4, 0.5) is 5.69 Å². The fourth-order valence-corrected chi connectivity index (χ4v) is 2.26. The van der Waals surface area contributed by atoms with Crippen LogP contribution in [0.15, 0.2) is 42.5 Å². The van der Waals surface area contributed by atoms with Crippen molar-refractivity contribution in [2.45, 2.75) is 20.3 Å². The van der Waals surface area contributed by atoms with Crippen LogP contribution in [0.1, 0.15) is 30.6 Å². The van der Waals surface area contributed by atoms with Gasteiger partial charge in [0.05, 0.1) is 13.2 Å². The van der Waals surface area contributed by atoms with E-state index in [-0.39, 0.29) is 5.91 Å². The highest BCUT2D eigenvalue weighted by Gasteiger charge is 2.12. The lowest BCUT2D eigenvalue weighted by Gasteiger charge is -2.13. The number of amides is 1. The molecule has 2 aromatic carbocycles. The molecule has 0 saturated carbocycles. The Kier molecular flexibility index (Phi) is 7.49. The fourth-order valence-electron chi connectivity index (χ4n) is 2.26. The third-order valence-electron chi connectivity index (χ3n) is 3.42. The minimum atomic E-state index is -1.07. The van der Waals surface area contributed by atoms with E-state index in [0.29, 0.717) is 41.7 Å². The molecule has 0 saturated heterocycles. The molecule has 7 nitrogen and oxygen atoms in total. The van der Waals surface area contributed by atoms with E-state index in [1.165, 1.54) is 0 Å². The quantitative estimate of drug-likeness (QED) is 0.661. The van der Waals surface area contributed by atoms with Crippen LogP contribution < -0.4 is 19.5 Å². The van der Waals surface area contributed by atoms with Crippen molar-refractivity contribution >= 4 is 17.6 Å². The normalized spacial score (nSPS) is 10.1. The van der Waals surface area contributed by atoms with Gasteiger partial charge in [0.15, 0.2) is 18.1 Å². The van der Waals surface area contributed by atoms with Gasteiger partial charge in [0.25, 0.3) is 5.91 Å². The summed E-state index contributed by atoms with van der Waals surface area (Å²) in [6.07, 6.45) is 0.869. The number of nitrogens with one attached hydrogen (secondary N) is 1. The van der Waals surface area contributed by atoms with Crippen LogP contribution in [0.3, 0.4) is 0 Å². The highest BCUT2D eigenvalue weighted by molar-refractivity contribution is 6.04. The second-order valence-corrected chi connectivity index (χ2v) is 5.61. The Morgan fingerprint density at radius 3 is 2.52 bits per heavy atom. The summed E-state index contributed by atoms with van der Waals surface area (Å²) < 4.78 is 16.3. The lowest BCUT2D eigenvalue weighted by atomic mass is 10.1. The van der Waals surface area contributed by atoms with Gasteiger partial charge in [0.1, 0.15) is 5.75 Å². The maximum atomic E-state index is 12.5. The summed E-state index contributed by atoms with van der Waals surface area (Å²) in [7, 11) is 0. The van der Waals surface area contributed by atoms with Crippen molar-refractivity contribution in [2.75, 3.05) is 25.1 Å². The second kappa shape index (κ2) is 10.1. The summed E-state index contributed by atoms with van der Waals surface area (Å²) in [6, 6.07) is 11.5. The monoisotopic (exact) mass is 373 g/mol. The lowest BCUT2D eigenvalue weighted by molar-refractivity contribution is -0.139. The van der Waals surface area contributed by atoms with Crippen LogP contribution in [0.25, 0.3) is 0 Å². The van der Waals surface area contributed by atoms with Gasteiger partial charge in [-0.05, 0) is 43.7 Å². The number of carbonyl (C=O) groups is 2. The van der Waals surface area contributed by atoms with Gasteiger partial charge in [-0.3, -0.25) is 4.79 Å².